The Morgan fingerprint density at radius 2 is 1.90 bits per heavy atom. The van der Waals surface area contributed by atoms with Crippen LogP contribution in [0.1, 0.15) is 34.9 Å². The second-order valence-electron chi connectivity index (χ2n) is 8.81. The molecule has 3 aliphatic rings. The van der Waals surface area contributed by atoms with E-state index in [-0.39, 0.29) is 35.3 Å². The average Bonchev–Trinajstić information content (AvgIpc) is 2.66. The number of primary amides is 1. The average molecular weight is 418 g/mol. The number of hydrogen-bond donors (Lipinski definition) is 6. The van der Waals surface area contributed by atoms with Gasteiger partial charge in [0.05, 0.1) is 23.7 Å². The van der Waals surface area contributed by atoms with E-state index in [0.717, 1.165) is 0 Å². The van der Waals surface area contributed by atoms with Crippen molar-refractivity contribution in [3.05, 3.63) is 40.7 Å². The predicted octanol–water partition coefficient (Wildman–Crippen LogP) is -0.402. The molecule has 4 unspecified atom stereocenters. The van der Waals surface area contributed by atoms with Gasteiger partial charge in [-0.1, -0.05) is 12.1 Å². The van der Waals surface area contributed by atoms with Crippen LogP contribution in [0.3, 0.4) is 0 Å². The van der Waals surface area contributed by atoms with Crippen molar-refractivity contribution in [2.75, 3.05) is 14.1 Å². The van der Waals surface area contributed by atoms with E-state index in [4.69, 9.17) is 5.73 Å². The van der Waals surface area contributed by atoms with Crippen LogP contribution in [0.15, 0.2) is 29.5 Å². The van der Waals surface area contributed by atoms with E-state index in [1.807, 2.05) is 0 Å². The van der Waals surface area contributed by atoms with Gasteiger partial charge in [-0.05, 0) is 38.6 Å². The highest BCUT2D eigenvalue weighted by Crippen LogP contribution is 2.55. The largest absolute Gasteiger partial charge is 0.509 e. The molecular formula is C21H26N2O7. The summed E-state index contributed by atoms with van der Waals surface area (Å²) < 4.78 is 0. The number of amides is 1. The Balaban J connectivity index is 1.92. The van der Waals surface area contributed by atoms with Crippen LogP contribution in [-0.4, -0.2) is 74.0 Å². The zero-order valence-electron chi connectivity index (χ0n) is 16.7. The van der Waals surface area contributed by atoms with Crippen LogP contribution >= 0.6 is 0 Å². The molecule has 1 aromatic rings. The maximum Gasteiger partial charge on any atom is 0.223 e. The zero-order valence-corrected chi connectivity index (χ0v) is 16.7. The molecule has 7 atom stereocenters. The normalized spacial score (nSPS) is 38.1. The van der Waals surface area contributed by atoms with Gasteiger partial charge in [0.15, 0.2) is 5.78 Å². The summed E-state index contributed by atoms with van der Waals surface area (Å²) in [6.45, 7) is 0. The number of fused-ring (bicyclic) bond motifs is 3. The third-order valence-corrected chi connectivity index (χ3v) is 7.07. The lowest BCUT2D eigenvalue weighted by molar-refractivity contribution is -0.166. The van der Waals surface area contributed by atoms with Crippen LogP contribution in [0.4, 0.5) is 0 Å². The molecule has 0 aromatic heterocycles. The number of aliphatic hydroxyl groups excluding tert-OH is 3. The molecule has 9 heteroatoms. The number of hydrogen-bond acceptors (Lipinski definition) is 8. The Morgan fingerprint density at radius 3 is 2.50 bits per heavy atom. The number of nitrogens with zero attached hydrogens (tertiary/aromatic N) is 1. The lowest BCUT2D eigenvalue weighted by Gasteiger charge is -2.55. The molecule has 4 rings (SSSR count). The molecule has 0 saturated heterocycles. The third-order valence-electron chi connectivity index (χ3n) is 7.07. The minimum Gasteiger partial charge on any atom is -0.509 e. The van der Waals surface area contributed by atoms with Gasteiger partial charge >= 0.3 is 0 Å². The molecule has 30 heavy (non-hydrogen) atoms. The molecule has 0 heterocycles. The van der Waals surface area contributed by atoms with Crippen molar-refractivity contribution in [1.82, 2.24) is 4.90 Å². The van der Waals surface area contributed by atoms with E-state index in [0.29, 0.717) is 0 Å². The predicted molar refractivity (Wildman–Crippen MR) is 104 cm³/mol. The quantitative estimate of drug-likeness (QED) is 0.377. The van der Waals surface area contributed by atoms with E-state index in [2.05, 4.69) is 0 Å². The molecule has 1 saturated carbocycles. The van der Waals surface area contributed by atoms with E-state index >= 15 is 0 Å². The standard InChI is InChI=1S/C21H26N2O7/c1-23(2)15-11-6-9-14(18(27)13-8(16(9)25)4-3-5-12(13)24)19(28)21(11,30)7-10(17(15)26)20(22)29/h3-5,9-11,15-17,24-26,28,30H,6-7H2,1-2H3,(H2,22,29)/t9?,10?,11?,15-,16+,17?,21-/m0/s1. The van der Waals surface area contributed by atoms with E-state index < -0.39 is 59.1 Å². The fourth-order valence-corrected chi connectivity index (χ4v) is 5.67. The van der Waals surface area contributed by atoms with Crippen molar-refractivity contribution in [3.8, 4) is 5.75 Å². The van der Waals surface area contributed by atoms with Crippen LogP contribution in [0, 0.1) is 17.8 Å². The Bertz CT molecular complexity index is 959. The first-order valence-electron chi connectivity index (χ1n) is 9.85. The van der Waals surface area contributed by atoms with Gasteiger partial charge in [-0.15, -0.1) is 0 Å². The Kier molecular flexibility index (Phi) is 4.70. The third kappa shape index (κ3) is 2.63. The Hall–Kier alpha value is -2.46. The second-order valence-corrected chi connectivity index (χ2v) is 8.81. The smallest absolute Gasteiger partial charge is 0.223 e. The second kappa shape index (κ2) is 6.78. The zero-order chi connectivity index (χ0) is 22.1. The number of ketones is 1. The molecule has 0 bridgehead atoms. The molecule has 162 valence electrons. The number of rotatable bonds is 2. The summed E-state index contributed by atoms with van der Waals surface area (Å²) in [6.07, 6.45) is -2.65. The van der Waals surface area contributed by atoms with Crippen molar-refractivity contribution in [2.24, 2.45) is 23.5 Å². The summed E-state index contributed by atoms with van der Waals surface area (Å²) in [6, 6.07) is 3.61. The van der Waals surface area contributed by atoms with Gasteiger partial charge in [0.2, 0.25) is 5.91 Å². The summed E-state index contributed by atoms with van der Waals surface area (Å²) >= 11 is 0. The van der Waals surface area contributed by atoms with Gasteiger partial charge in [-0.3, -0.25) is 9.59 Å². The van der Waals surface area contributed by atoms with Crippen molar-refractivity contribution in [2.45, 2.75) is 36.7 Å². The molecule has 7 N–H and O–H groups in total. The number of nitrogens with two attached hydrogens (primary N) is 1. The van der Waals surface area contributed by atoms with Gasteiger partial charge in [-0.2, -0.15) is 0 Å². The molecule has 3 aliphatic carbocycles. The van der Waals surface area contributed by atoms with Gasteiger partial charge < -0.3 is 36.2 Å². The van der Waals surface area contributed by atoms with Crippen molar-refractivity contribution in [3.63, 3.8) is 0 Å². The lowest BCUT2D eigenvalue weighted by atomic mass is 9.56. The Labute approximate surface area is 173 Å². The minimum absolute atomic E-state index is 0.0866. The molecular weight excluding hydrogens is 392 g/mol. The first-order chi connectivity index (χ1) is 14.0. The molecule has 1 amide bonds. The van der Waals surface area contributed by atoms with E-state index in [1.165, 1.54) is 18.2 Å². The fourth-order valence-electron chi connectivity index (χ4n) is 5.67. The number of carbonyl (C=O) groups excluding carboxylic acids is 2. The number of aliphatic hydroxyl groups is 4. The van der Waals surface area contributed by atoms with Crippen LogP contribution in [0.5, 0.6) is 5.75 Å². The molecule has 0 spiro atoms. The van der Waals surface area contributed by atoms with Gasteiger partial charge in [-0.25, -0.2) is 0 Å². The van der Waals surface area contributed by atoms with E-state index in [9.17, 15) is 35.1 Å². The number of aromatic hydroxyl groups is 1. The van der Waals surface area contributed by atoms with Crippen molar-refractivity contribution < 1.29 is 35.1 Å². The molecule has 1 fully saturated rings. The number of phenolic OH excluding ortho intramolecular Hbond substituents is 1. The number of benzene rings is 1. The van der Waals surface area contributed by atoms with Crippen LogP contribution in [0.2, 0.25) is 0 Å². The summed E-state index contributed by atoms with van der Waals surface area (Å²) in [5, 5.41) is 54.6. The highest BCUT2D eigenvalue weighted by Gasteiger charge is 2.62. The number of carbonyl (C=O) groups is 2. The van der Waals surface area contributed by atoms with Gasteiger partial charge in [0.1, 0.15) is 17.1 Å². The highest BCUT2D eigenvalue weighted by molar-refractivity contribution is 6.13. The summed E-state index contributed by atoms with van der Waals surface area (Å²) in [7, 11) is 3.34. The van der Waals surface area contributed by atoms with Gasteiger partial charge in [0.25, 0.3) is 0 Å². The number of phenols is 1. The minimum atomic E-state index is -1.99. The van der Waals surface area contributed by atoms with Gasteiger partial charge in [0, 0.05) is 23.5 Å². The van der Waals surface area contributed by atoms with Crippen LogP contribution in [0.25, 0.3) is 0 Å². The fraction of sp³-hybridized carbons (Fsp3) is 0.524. The first kappa shape index (κ1) is 20.8. The summed E-state index contributed by atoms with van der Waals surface area (Å²) in [5.41, 5.74) is 3.42. The SMILES string of the molecule is CN(C)[C@@H]1C(O)C(C(N)=O)C[C@@]2(O)C(O)=C3C(=O)c4c(O)cccc4[C@@H](O)C3CC12. The van der Waals surface area contributed by atoms with Crippen LogP contribution < -0.4 is 5.73 Å². The lowest BCUT2D eigenvalue weighted by Crippen LogP contribution is -2.66. The topological polar surface area (TPSA) is 165 Å². The first-order valence-corrected chi connectivity index (χ1v) is 9.85. The number of likely N-dealkylation sites (N-methyl/N-ethyl adjacent to an activating group) is 1. The molecule has 0 radical (unpaired) electrons. The van der Waals surface area contributed by atoms with E-state index in [1.54, 1.807) is 19.0 Å². The van der Waals surface area contributed by atoms with Crippen molar-refractivity contribution >= 4 is 11.7 Å². The molecule has 9 nitrogen and oxygen atoms in total. The number of Topliss-reactive ketones (excluding diaryl/α,β-unsaturated/α-hetero) is 1. The maximum atomic E-state index is 13.2. The van der Waals surface area contributed by atoms with Crippen molar-refractivity contribution in [1.29, 1.82) is 0 Å². The van der Waals surface area contributed by atoms with Crippen LogP contribution in [-0.2, 0) is 4.79 Å². The molecule has 1 aromatic carbocycles. The molecule has 0 aliphatic heterocycles. The summed E-state index contributed by atoms with van der Waals surface area (Å²) in [4.78, 5) is 26.8. The summed E-state index contributed by atoms with van der Waals surface area (Å²) in [5.74, 6) is -5.20. The highest BCUT2D eigenvalue weighted by atomic mass is 16.3. The Morgan fingerprint density at radius 1 is 1.23 bits per heavy atom. The maximum absolute atomic E-state index is 13.2. The monoisotopic (exact) mass is 418 g/mol.